The van der Waals surface area contributed by atoms with Crippen molar-refractivity contribution in [2.24, 2.45) is 7.05 Å². The topological polar surface area (TPSA) is 52.2 Å². The Bertz CT molecular complexity index is 1100. The van der Waals surface area contributed by atoms with Crippen LogP contribution >= 0.6 is 0 Å². The van der Waals surface area contributed by atoms with Crippen LogP contribution in [0.5, 0.6) is 0 Å². The fourth-order valence-corrected chi connectivity index (χ4v) is 3.51. The minimum Gasteiger partial charge on any atom is -0.331 e. The lowest BCUT2D eigenvalue weighted by Gasteiger charge is -2.11. The molecule has 3 heterocycles. The maximum atomic E-state index is 12.6. The summed E-state index contributed by atoms with van der Waals surface area (Å²) < 4.78 is 3.75. The van der Waals surface area contributed by atoms with Crippen molar-refractivity contribution in [1.29, 1.82) is 0 Å². The summed E-state index contributed by atoms with van der Waals surface area (Å²) in [4.78, 5) is 21.2. The molecule has 26 heavy (non-hydrogen) atoms. The molecule has 0 saturated heterocycles. The van der Waals surface area contributed by atoms with Gasteiger partial charge in [0.25, 0.3) is 0 Å². The van der Waals surface area contributed by atoms with Crippen LogP contribution in [-0.2, 0) is 13.5 Å². The number of rotatable bonds is 4. The molecule has 1 aromatic carbocycles. The number of hydrogen-bond acceptors (Lipinski definition) is 3. The molecular formula is C21H20N4O. The van der Waals surface area contributed by atoms with E-state index in [1.807, 2.05) is 23.7 Å². The van der Waals surface area contributed by atoms with Gasteiger partial charge in [0, 0.05) is 25.0 Å². The van der Waals surface area contributed by atoms with Crippen molar-refractivity contribution in [3.63, 3.8) is 0 Å². The van der Waals surface area contributed by atoms with Crippen LogP contribution in [-0.4, -0.2) is 24.7 Å². The van der Waals surface area contributed by atoms with Crippen LogP contribution in [0.1, 0.15) is 27.3 Å². The summed E-state index contributed by atoms with van der Waals surface area (Å²) in [7, 11) is 1.83. The van der Waals surface area contributed by atoms with Crippen molar-refractivity contribution in [3.8, 4) is 11.1 Å². The van der Waals surface area contributed by atoms with E-state index >= 15 is 0 Å². The van der Waals surface area contributed by atoms with Crippen molar-refractivity contribution in [2.75, 3.05) is 0 Å². The Labute approximate surface area is 152 Å². The van der Waals surface area contributed by atoms with E-state index in [9.17, 15) is 4.79 Å². The molecular weight excluding hydrogens is 324 g/mol. The molecule has 0 aliphatic heterocycles. The molecule has 0 atom stereocenters. The molecule has 3 aromatic heterocycles. The smallest absolute Gasteiger partial charge is 0.186 e. The number of aryl methyl sites for hydroxylation is 3. The summed E-state index contributed by atoms with van der Waals surface area (Å²) in [6.07, 6.45) is 7.29. The lowest BCUT2D eigenvalue weighted by molar-refractivity contribution is 0.0984. The highest BCUT2D eigenvalue weighted by molar-refractivity contribution is 5.95. The molecule has 0 saturated carbocycles. The molecule has 0 aliphatic carbocycles. The van der Waals surface area contributed by atoms with Crippen molar-refractivity contribution < 1.29 is 4.79 Å². The minimum absolute atomic E-state index is 0.0317. The third-order valence-corrected chi connectivity index (χ3v) is 4.81. The number of nitrogens with zero attached hydrogens (tertiary/aromatic N) is 4. The SMILES string of the molecule is Cc1cccc(C)c1-c1cccn2c(CC(=O)c3cncn3C)cnc12. The van der Waals surface area contributed by atoms with Gasteiger partial charge >= 0.3 is 0 Å². The van der Waals surface area contributed by atoms with Crippen molar-refractivity contribution >= 4 is 11.4 Å². The van der Waals surface area contributed by atoms with E-state index in [-0.39, 0.29) is 12.2 Å². The van der Waals surface area contributed by atoms with Gasteiger partial charge in [0.2, 0.25) is 0 Å². The van der Waals surface area contributed by atoms with Crippen LogP contribution in [0.25, 0.3) is 16.8 Å². The third kappa shape index (κ3) is 2.62. The molecule has 5 nitrogen and oxygen atoms in total. The Balaban J connectivity index is 1.79. The first kappa shape index (κ1) is 16.3. The lowest BCUT2D eigenvalue weighted by Crippen LogP contribution is -2.09. The normalized spacial score (nSPS) is 11.2. The van der Waals surface area contributed by atoms with E-state index in [4.69, 9.17) is 0 Å². The molecule has 0 radical (unpaired) electrons. The summed E-state index contributed by atoms with van der Waals surface area (Å²) in [6, 6.07) is 10.4. The zero-order chi connectivity index (χ0) is 18.3. The molecule has 0 bridgehead atoms. The highest BCUT2D eigenvalue weighted by Crippen LogP contribution is 2.30. The molecule has 4 aromatic rings. The number of carbonyl (C=O) groups excluding carboxylic acids is 1. The van der Waals surface area contributed by atoms with Crippen LogP contribution in [0.2, 0.25) is 0 Å². The van der Waals surface area contributed by atoms with Gasteiger partial charge in [-0.1, -0.05) is 18.2 Å². The quantitative estimate of drug-likeness (QED) is 0.530. The number of ketones is 1. The summed E-state index contributed by atoms with van der Waals surface area (Å²) in [5.41, 5.74) is 7.07. The number of benzene rings is 1. The van der Waals surface area contributed by atoms with Gasteiger partial charge in [0.05, 0.1) is 24.6 Å². The largest absolute Gasteiger partial charge is 0.331 e. The van der Waals surface area contributed by atoms with Gasteiger partial charge < -0.3 is 8.97 Å². The van der Waals surface area contributed by atoms with Crippen LogP contribution < -0.4 is 0 Å². The number of carbonyl (C=O) groups is 1. The minimum atomic E-state index is 0.0317. The zero-order valence-corrected chi connectivity index (χ0v) is 15.1. The summed E-state index contributed by atoms with van der Waals surface area (Å²) in [5, 5.41) is 0. The maximum Gasteiger partial charge on any atom is 0.186 e. The van der Waals surface area contributed by atoms with Crippen molar-refractivity contribution in [1.82, 2.24) is 18.9 Å². The maximum absolute atomic E-state index is 12.6. The molecule has 0 N–H and O–H groups in total. The van der Waals surface area contributed by atoms with Gasteiger partial charge in [-0.15, -0.1) is 0 Å². The average Bonchev–Trinajstić information content (AvgIpc) is 3.22. The van der Waals surface area contributed by atoms with E-state index in [0.717, 1.165) is 16.9 Å². The van der Waals surface area contributed by atoms with Gasteiger partial charge in [-0.05, 0) is 42.7 Å². The van der Waals surface area contributed by atoms with Crippen LogP contribution in [0.4, 0.5) is 0 Å². The molecule has 130 valence electrons. The average molecular weight is 344 g/mol. The second kappa shape index (κ2) is 6.26. The van der Waals surface area contributed by atoms with Crippen LogP contribution in [0.3, 0.4) is 0 Å². The molecule has 0 fully saturated rings. The van der Waals surface area contributed by atoms with E-state index < -0.39 is 0 Å². The number of imidazole rings is 2. The van der Waals surface area contributed by atoms with Gasteiger partial charge in [-0.2, -0.15) is 0 Å². The van der Waals surface area contributed by atoms with Crippen LogP contribution in [0.15, 0.2) is 55.2 Å². The summed E-state index contributed by atoms with van der Waals surface area (Å²) >= 11 is 0. The molecule has 5 heteroatoms. The Morgan fingerprint density at radius 3 is 2.54 bits per heavy atom. The van der Waals surface area contributed by atoms with E-state index in [2.05, 4.69) is 48.1 Å². The van der Waals surface area contributed by atoms with Crippen LogP contribution in [0, 0.1) is 13.8 Å². The second-order valence-electron chi connectivity index (χ2n) is 6.62. The molecule has 0 unspecified atom stereocenters. The van der Waals surface area contributed by atoms with E-state index in [0.29, 0.717) is 5.69 Å². The lowest BCUT2D eigenvalue weighted by atomic mass is 9.96. The Hall–Kier alpha value is -3.21. The Morgan fingerprint density at radius 2 is 1.85 bits per heavy atom. The van der Waals surface area contributed by atoms with E-state index in [1.165, 1.54) is 16.7 Å². The highest BCUT2D eigenvalue weighted by atomic mass is 16.1. The first-order valence-corrected chi connectivity index (χ1v) is 8.57. The number of pyridine rings is 1. The molecule has 0 amide bonds. The summed E-state index contributed by atoms with van der Waals surface area (Å²) in [5.74, 6) is 0.0317. The molecule has 0 aliphatic rings. The first-order valence-electron chi connectivity index (χ1n) is 8.57. The molecule has 0 spiro atoms. The first-order chi connectivity index (χ1) is 12.6. The fourth-order valence-electron chi connectivity index (χ4n) is 3.51. The van der Waals surface area contributed by atoms with Crippen molar-refractivity contribution in [2.45, 2.75) is 20.3 Å². The van der Waals surface area contributed by atoms with E-state index in [1.54, 1.807) is 23.3 Å². The summed E-state index contributed by atoms with van der Waals surface area (Å²) in [6.45, 7) is 4.23. The number of aromatic nitrogens is 4. The van der Waals surface area contributed by atoms with Gasteiger partial charge in [-0.25, -0.2) is 9.97 Å². The monoisotopic (exact) mass is 344 g/mol. The predicted molar refractivity (Wildman–Crippen MR) is 101 cm³/mol. The van der Waals surface area contributed by atoms with Crippen molar-refractivity contribution in [3.05, 3.63) is 77.8 Å². The van der Waals surface area contributed by atoms with Gasteiger partial charge in [0.15, 0.2) is 5.78 Å². The third-order valence-electron chi connectivity index (χ3n) is 4.81. The number of fused-ring (bicyclic) bond motifs is 1. The van der Waals surface area contributed by atoms with Gasteiger partial charge in [0.1, 0.15) is 11.3 Å². The Kier molecular flexibility index (Phi) is 3.92. The molecule has 4 rings (SSSR count). The zero-order valence-electron chi connectivity index (χ0n) is 15.1. The fraction of sp³-hybridized carbons (Fsp3) is 0.190. The number of hydrogen-bond donors (Lipinski definition) is 0. The van der Waals surface area contributed by atoms with Gasteiger partial charge in [-0.3, -0.25) is 4.79 Å². The standard InChI is InChI=1S/C21H20N4O/c1-14-6-4-7-15(2)20(14)17-8-5-9-25-16(11-23-21(17)25)10-19(26)18-12-22-13-24(18)3/h4-9,11-13H,10H2,1-3H3. The Morgan fingerprint density at radius 1 is 1.08 bits per heavy atom. The second-order valence-corrected chi connectivity index (χ2v) is 6.62. The highest BCUT2D eigenvalue weighted by Gasteiger charge is 2.16. The number of Topliss-reactive ketones (excluding diaryl/α,β-unsaturated/α-hetero) is 1. The predicted octanol–water partition coefficient (Wildman–Crippen LogP) is 3.78.